The fourth-order valence-electron chi connectivity index (χ4n) is 3.45. The average molecular weight is 550 g/mol. The summed E-state index contributed by atoms with van der Waals surface area (Å²) in [4.78, 5) is 12.5. The van der Waals surface area contributed by atoms with Crippen LogP contribution in [0.25, 0.3) is 17.1 Å². The highest BCUT2D eigenvalue weighted by molar-refractivity contribution is 7.99. The molecule has 0 atom stereocenters. The molecule has 0 aliphatic heterocycles. The smallest absolute Gasteiger partial charge is 0.250 e. The Bertz CT molecular complexity index is 1360. The van der Waals surface area contributed by atoms with Crippen LogP contribution in [0.5, 0.6) is 11.5 Å². The first-order chi connectivity index (χ1) is 18.6. The Morgan fingerprint density at radius 3 is 2.34 bits per heavy atom. The molecule has 0 aliphatic carbocycles. The van der Waals surface area contributed by atoms with E-state index in [9.17, 15) is 4.79 Å². The van der Waals surface area contributed by atoms with Crippen LogP contribution in [0.15, 0.2) is 83.1 Å². The van der Waals surface area contributed by atoms with Gasteiger partial charge in [0.25, 0.3) is 5.91 Å². The number of aromatic nitrogens is 3. The summed E-state index contributed by atoms with van der Waals surface area (Å²) in [5, 5.41) is 14.0. The van der Waals surface area contributed by atoms with Crippen molar-refractivity contribution in [3.8, 4) is 28.6 Å². The molecule has 4 aromatic rings. The zero-order chi connectivity index (χ0) is 26.7. The molecular formula is C28H28ClN5O3S. The third-order valence-electron chi connectivity index (χ3n) is 5.23. The number of hydrogen-bond donors (Lipinski definition) is 1. The van der Waals surface area contributed by atoms with E-state index in [1.54, 1.807) is 18.3 Å². The molecule has 1 amide bonds. The number of carbonyl (C=O) groups is 1. The van der Waals surface area contributed by atoms with Gasteiger partial charge < -0.3 is 9.47 Å². The van der Waals surface area contributed by atoms with E-state index in [2.05, 4.69) is 27.6 Å². The summed E-state index contributed by atoms with van der Waals surface area (Å²) >= 11 is 7.34. The van der Waals surface area contributed by atoms with Crippen molar-refractivity contribution >= 4 is 35.5 Å². The maximum absolute atomic E-state index is 12.5. The fourth-order valence-corrected chi connectivity index (χ4v) is 4.32. The lowest BCUT2D eigenvalue weighted by molar-refractivity contribution is -0.118. The molecule has 10 heteroatoms. The van der Waals surface area contributed by atoms with Crippen molar-refractivity contribution in [3.05, 3.63) is 83.4 Å². The van der Waals surface area contributed by atoms with Crippen LogP contribution in [0.4, 0.5) is 0 Å². The Hall–Kier alpha value is -3.82. The van der Waals surface area contributed by atoms with Gasteiger partial charge in [0.05, 0.1) is 25.2 Å². The lowest BCUT2D eigenvalue weighted by Gasteiger charge is -2.11. The Labute approximate surface area is 231 Å². The molecule has 0 fully saturated rings. The van der Waals surface area contributed by atoms with Crippen LogP contribution >= 0.6 is 23.4 Å². The number of hydrogen-bond acceptors (Lipinski definition) is 7. The Balaban J connectivity index is 1.45. The largest absolute Gasteiger partial charge is 0.494 e. The molecular weight excluding hydrogens is 522 g/mol. The predicted octanol–water partition coefficient (Wildman–Crippen LogP) is 6.02. The number of rotatable bonds is 12. The highest BCUT2D eigenvalue weighted by atomic mass is 35.5. The minimum Gasteiger partial charge on any atom is -0.494 e. The Morgan fingerprint density at radius 1 is 0.974 bits per heavy atom. The minimum absolute atomic E-state index is 0.108. The van der Waals surface area contributed by atoms with Crippen LogP contribution in [0, 0.1) is 0 Å². The molecule has 38 heavy (non-hydrogen) atoms. The molecule has 0 saturated heterocycles. The zero-order valence-electron chi connectivity index (χ0n) is 21.1. The number of amides is 1. The van der Waals surface area contributed by atoms with Crippen molar-refractivity contribution in [1.82, 2.24) is 20.2 Å². The van der Waals surface area contributed by atoms with Gasteiger partial charge in [-0.05, 0) is 91.7 Å². The van der Waals surface area contributed by atoms with Gasteiger partial charge in [-0.25, -0.2) is 5.43 Å². The molecule has 1 N–H and O–H groups in total. The van der Waals surface area contributed by atoms with Crippen molar-refractivity contribution in [2.24, 2.45) is 5.10 Å². The number of ether oxygens (including phenoxy) is 2. The molecule has 0 radical (unpaired) electrons. The molecule has 0 bridgehead atoms. The van der Waals surface area contributed by atoms with Crippen LogP contribution in [0.2, 0.25) is 5.02 Å². The van der Waals surface area contributed by atoms with E-state index < -0.39 is 0 Å². The number of carbonyl (C=O) groups excluding carboxylic acids is 1. The summed E-state index contributed by atoms with van der Waals surface area (Å²) < 4.78 is 13.1. The normalized spacial score (nSPS) is 11.0. The van der Waals surface area contributed by atoms with E-state index in [0.717, 1.165) is 34.7 Å². The first kappa shape index (κ1) is 27.2. The lowest BCUT2D eigenvalue weighted by Crippen LogP contribution is -2.20. The fraction of sp³-hybridized carbons (Fsp3) is 0.214. The number of thioether (sulfide) groups is 1. The second kappa shape index (κ2) is 13.6. The highest BCUT2D eigenvalue weighted by Crippen LogP contribution is 2.29. The second-order valence-electron chi connectivity index (χ2n) is 8.07. The van der Waals surface area contributed by atoms with Crippen LogP contribution in [-0.4, -0.2) is 45.9 Å². The maximum Gasteiger partial charge on any atom is 0.250 e. The van der Waals surface area contributed by atoms with Crippen LogP contribution in [-0.2, 0) is 4.79 Å². The van der Waals surface area contributed by atoms with Crippen LogP contribution in [0.3, 0.4) is 0 Å². The van der Waals surface area contributed by atoms with E-state index in [0.29, 0.717) is 29.2 Å². The molecule has 8 nitrogen and oxygen atoms in total. The second-order valence-corrected chi connectivity index (χ2v) is 9.45. The first-order valence-electron chi connectivity index (χ1n) is 12.2. The average Bonchev–Trinajstić information content (AvgIpc) is 3.36. The van der Waals surface area contributed by atoms with E-state index in [-0.39, 0.29) is 11.7 Å². The van der Waals surface area contributed by atoms with Gasteiger partial charge in [-0.2, -0.15) is 5.10 Å². The SMILES string of the molecule is CCCOc1ccc(/C=N\NC(=O)CSc2nnc(-c3ccc(Cl)cc3)n2-c2ccc(OCC)cc2)cc1. The van der Waals surface area contributed by atoms with Crippen molar-refractivity contribution in [2.75, 3.05) is 19.0 Å². The first-order valence-corrected chi connectivity index (χ1v) is 13.6. The molecule has 1 aromatic heterocycles. The van der Waals surface area contributed by atoms with Crippen molar-refractivity contribution in [1.29, 1.82) is 0 Å². The van der Waals surface area contributed by atoms with Gasteiger partial charge in [-0.3, -0.25) is 9.36 Å². The number of hydrazone groups is 1. The summed E-state index contributed by atoms with van der Waals surface area (Å²) in [6.07, 6.45) is 2.54. The molecule has 0 spiro atoms. The third-order valence-corrected chi connectivity index (χ3v) is 6.41. The van der Waals surface area contributed by atoms with Crippen LogP contribution < -0.4 is 14.9 Å². The van der Waals surface area contributed by atoms with Gasteiger partial charge in [0.2, 0.25) is 0 Å². The quantitative estimate of drug-likeness (QED) is 0.132. The topological polar surface area (TPSA) is 90.6 Å². The molecule has 3 aromatic carbocycles. The molecule has 196 valence electrons. The van der Waals surface area contributed by atoms with Gasteiger partial charge in [0.15, 0.2) is 11.0 Å². The molecule has 1 heterocycles. The number of nitrogens with zero attached hydrogens (tertiary/aromatic N) is 4. The monoisotopic (exact) mass is 549 g/mol. The molecule has 0 saturated carbocycles. The summed E-state index contributed by atoms with van der Waals surface area (Å²) in [7, 11) is 0. The van der Waals surface area contributed by atoms with Gasteiger partial charge in [0, 0.05) is 16.3 Å². The number of nitrogens with one attached hydrogen (secondary N) is 1. The van der Waals surface area contributed by atoms with Gasteiger partial charge in [-0.1, -0.05) is 30.3 Å². The highest BCUT2D eigenvalue weighted by Gasteiger charge is 2.17. The van der Waals surface area contributed by atoms with Crippen molar-refractivity contribution in [2.45, 2.75) is 25.4 Å². The van der Waals surface area contributed by atoms with E-state index in [1.807, 2.05) is 72.2 Å². The van der Waals surface area contributed by atoms with Gasteiger partial charge >= 0.3 is 0 Å². The Kier molecular flexibility index (Phi) is 9.77. The van der Waals surface area contributed by atoms with Crippen molar-refractivity contribution < 1.29 is 14.3 Å². The summed E-state index contributed by atoms with van der Waals surface area (Å²) in [6.45, 7) is 5.26. The van der Waals surface area contributed by atoms with E-state index >= 15 is 0 Å². The third kappa shape index (κ3) is 7.36. The van der Waals surface area contributed by atoms with Gasteiger partial charge in [0.1, 0.15) is 11.5 Å². The summed E-state index contributed by atoms with van der Waals surface area (Å²) in [5.74, 6) is 2.06. The van der Waals surface area contributed by atoms with Crippen molar-refractivity contribution in [3.63, 3.8) is 0 Å². The lowest BCUT2D eigenvalue weighted by atomic mass is 10.2. The maximum atomic E-state index is 12.5. The number of benzene rings is 3. The zero-order valence-corrected chi connectivity index (χ0v) is 22.7. The molecule has 0 aliphatic rings. The summed E-state index contributed by atoms with van der Waals surface area (Å²) in [5.41, 5.74) is 5.11. The van der Waals surface area contributed by atoms with Crippen LogP contribution in [0.1, 0.15) is 25.8 Å². The predicted molar refractivity (Wildman–Crippen MR) is 152 cm³/mol. The van der Waals surface area contributed by atoms with E-state index in [1.165, 1.54) is 11.8 Å². The molecule has 4 rings (SSSR count). The van der Waals surface area contributed by atoms with Gasteiger partial charge in [-0.15, -0.1) is 10.2 Å². The molecule has 0 unspecified atom stereocenters. The summed E-state index contributed by atoms with van der Waals surface area (Å²) in [6, 6.07) is 22.5. The standard InChI is InChI=1S/C28H28ClN5O3S/c1-3-17-37-25-13-5-20(6-14-25)18-30-31-26(35)19-38-28-33-32-27(21-7-9-22(29)10-8-21)34(28)23-11-15-24(16-12-23)36-4-2/h5-16,18H,3-4,17,19H2,1-2H3,(H,31,35)/b30-18-. The Morgan fingerprint density at radius 2 is 1.66 bits per heavy atom. The van der Waals surface area contributed by atoms with E-state index in [4.69, 9.17) is 21.1 Å². The minimum atomic E-state index is -0.261. The number of halogens is 1.